The first-order valence-electron chi connectivity index (χ1n) is 12.8. The van der Waals surface area contributed by atoms with E-state index in [1.165, 1.54) is 4.90 Å². The van der Waals surface area contributed by atoms with Gasteiger partial charge in [0.05, 0.1) is 23.8 Å². The lowest BCUT2D eigenvalue weighted by molar-refractivity contribution is -0.161. The summed E-state index contributed by atoms with van der Waals surface area (Å²) in [4.78, 5) is 34.6. The second-order valence-electron chi connectivity index (χ2n) is 9.91. The minimum atomic E-state index is -0.485. The average Bonchev–Trinajstić information content (AvgIpc) is 2.88. The fraction of sp³-hybridized carbons (Fsp3) is 0.500. The van der Waals surface area contributed by atoms with Crippen molar-refractivity contribution < 1.29 is 14.3 Å². The van der Waals surface area contributed by atoms with Crippen molar-refractivity contribution in [2.75, 3.05) is 50.0 Å². The highest BCUT2D eigenvalue weighted by molar-refractivity contribution is 7.99. The maximum Gasteiger partial charge on any atom is 0.241 e. The van der Waals surface area contributed by atoms with Gasteiger partial charge in [0.1, 0.15) is 0 Å². The molecule has 2 saturated heterocycles. The first kappa shape index (κ1) is 24.3. The molecule has 0 unspecified atom stereocenters. The number of thioether (sulfide) groups is 1. The summed E-state index contributed by atoms with van der Waals surface area (Å²) in [6, 6.07) is 18.3. The molecule has 2 aromatic rings. The van der Waals surface area contributed by atoms with Crippen molar-refractivity contribution in [2.24, 2.45) is 5.41 Å². The van der Waals surface area contributed by atoms with E-state index in [0.29, 0.717) is 32.8 Å². The molecule has 0 saturated carbocycles. The Morgan fingerprint density at radius 2 is 1.91 bits per heavy atom. The maximum absolute atomic E-state index is 13.9. The van der Waals surface area contributed by atoms with E-state index < -0.39 is 5.41 Å². The van der Waals surface area contributed by atoms with Crippen LogP contribution in [-0.4, -0.2) is 72.8 Å². The van der Waals surface area contributed by atoms with Crippen LogP contribution < -0.4 is 4.90 Å². The van der Waals surface area contributed by atoms with Crippen LogP contribution in [0.1, 0.15) is 31.7 Å². The molecule has 3 heterocycles. The molecular formula is C28H35N3O3S. The Kier molecular flexibility index (Phi) is 7.46. The molecule has 3 aliphatic rings. The number of ether oxygens (including phenoxy) is 1. The Balaban J connectivity index is 1.32. The molecule has 0 bridgehead atoms. The molecule has 1 spiro atoms. The van der Waals surface area contributed by atoms with E-state index in [4.69, 9.17) is 4.74 Å². The van der Waals surface area contributed by atoms with Crippen LogP contribution in [0.3, 0.4) is 0 Å². The topological polar surface area (TPSA) is 53.1 Å². The van der Waals surface area contributed by atoms with Crippen molar-refractivity contribution in [3.05, 3.63) is 60.2 Å². The number of carbonyl (C=O) groups is 2. The van der Waals surface area contributed by atoms with E-state index in [9.17, 15) is 9.59 Å². The lowest BCUT2D eigenvalue weighted by Gasteiger charge is -2.49. The monoisotopic (exact) mass is 493 g/mol. The standard InChI is InChI=1S/C28H35N3O3S/c1-2-34-23-17-28(27(33)30(19-23)18-22-9-4-3-5-10-22)13-8-14-29(21-28)20-26(32)31-15-16-35-25-12-7-6-11-24(25)31/h3-7,9-12,23H,2,8,13-21H2,1H3/t23-,28-/m0/s1. The zero-order valence-corrected chi connectivity index (χ0v) is 21.3. The number of carbonyl (C=O) groups excluding carboxylic acids is 2. The highest BCUT2D eigenvalue weighted by atomic mass is 32.2. The number of rotatable bonds is 6. The van der Waals surface area contributed by atoms with Gasteiger partial charge in [-0.2, -0.15) is 0 Å². The van der Waals surface area contributed by atoms with Crippen LogP contribution in [0, 0.1) is 5.41 Å². The highest BCUT2D eigenvalue weighted by Gasteiger charge is 2.49. The molecule has 2 fully saturated rings. The number of amides is 2. The van der Waals surface area contributed by atoms with Crippen LogP contribution in [-0.2, 0) is 20.9 Å². The molecule has 0 aliphatic carbocycles. The molecule has 0 radical (unpaired) electrons. The zero-order valence-electron chi connectivity index (χ0n) is 20.5. The highest BCUT2D eigenvalue weighted by Crippen LogP contribution is 2.41. The number of piperidine rings is 2. The zero-order chi connectivity index (χ0) is 24.3. The predicted octanol–water partition coefficient (Wildman–Crippen LogP) is 4.05. The van der Waals surface area contributed by atoms with Gasteiger partial charge in [-0.25, -0.2) is 0 Å². The van der Waals surface area contributed by atoms with Crippen molar-refractivity contribution in [3.63, 3.8) is 0 Å². The fourth-order valence-corrected chi connectivity index (χ4v) is 6.94. The van der Waals surface area contributed by atoms with Crippen molar-refractivity contribution in [3.8, 4) is 0 Å². The van der Waals surface area contributed by atoms with Crippen LogP contribution >= 0.6 is 11.8 Å². The van der Waals surface area contributed by atoms with Crippen LogP contribution in [0.15, 0.2) is 59.5 Å². The van der Waals surface area contributed by atoms with Crippen LogP contribution in [0.25, 0.3) is 0 Å². The Morgan fingerprint density at radius 3 is 2.74 bits per heavy atom. The molecule has 2 amide bonds. The molecule has 7 heteroatoms. The van der Waals surface area contributed by atoms with E-state index >= 15 is 0 Å². The summed E-state index contributed by atoms with van der Waals surface area (Å²) >= 11 is 1.81. The molecule has 2 aromatic carbocycles. The van der Waals surface area contributed by atoms with Crippen molar-refractivity contribution >= 4 is 29.3 Å². The minimum Gasteiger partial charge on any atom is -0.377 e. The largest absolute Gasteiger partial charge is 0.377 e. The number of hydrogen-bond donors (Lipinski definition) is 0. The lowest BCUT2D eigenvalue weighted by Crippen LogP contribution is -2.60. The van der Waals surface area contributed by atoms with Crippen molar-refractivity contribution in [1.82, 2.24) is 9.80 Å². The summed E-state index contributed by atoms with van der Waals surface area (Å²) in [5.74, 6) is 1.25. The van der Waals surface area contributed by atoms with Gasteiger partial charge in [0.15, 0.2) is 0 Å². The Bertz CT molecular complexity index is 1050. The lowest BCUT2D eigenvalue weighted by atomic mass is 9.72. The third-order valence-corrected chi connectivity index (χ3v) is 8.49. The SMILES string of the molecule is CCO[C@@H]1CN(Cc2ccccc2)C(=O)[C@@]2(CCCN(CC(=O)N3CCSc4ccccc43)C2)C1. The third-order valence-electron chi connectivity index (χ3n) is 7.45. The molecule has 0 aromatic heterocycles. The molecule has 2 atom stereocenters. The Labute approximate surface area is 212 Å². The second kappa shape index (κ2) is 10.7. The number of likely N-dealkylation sites (tertiary alicyclic amines) is 2. The Hall–Kier alpha value is -2.35. The maximum atomic E-state index is 13.9. The summed E-state index contributed by atoms with van der Waals surface area (Å²) in [5.41, 5.74) is 1.67. The number of hydrogen-bond acceptors (Lipinski definition) is 5. The van der Waals surface area contributed by atoms with Crippen LogP contribution in [0.2, 0.25) is 0 Å². The summed E-state index contributed by atoms with van der Waals surface area (Å²) in [5, 5.41) is 0. The summed E-state index contributed by atoms with van der Waals surface area (Å²) in [7, 11) is 0. The average molecular weight is 494 g/mol. The first-order chi connectivity index (χ1) is 17.1. The summed E-state index contributed by atoms with van der Waals surface area (Å²) in [6.45, 7) is 6.45. The Morgan fingerprint density at radius 1 is 1.11 bits per heavy atom. The van der Waals surface area contributed by atoms with Gasteiger partial charge >= 0.3 is 0 Å². The van der Waals surface area contributed by atoms with Crippen LogP contribution in [0.4, 0.5) is 5.69 Å². The summed E-state index contributed by atoms with van der Waals surface area (Å²) < 4.78 is 6.09. The second-order valence-corrected chi connectivity index (χ2v) is 11.0. The van der Waals surface area contributed by atoms with Gasteiger partial charge in [0.2, 0.25) is 11.8 Å². The molecule has 3 aliphatic heterocycles. The van der Waals surface area contributed by atoms with Gasteiger partial charge in [0, 0.05) is 43.4 Å². The van der Waals surface area contributed by atoms with Gasteiger partial charge < -0.3 is 14.5 Å². The fourth-order valence-electron chi connectivity index (χ4n) is 5.95. The van der Waals surface area contributed by atoms with E-state index in [2.05, 4.69) is 23.1 Å². The van der Waals surface area contributed by atoms with E-state index in [-0.39, 0.29) is 17.9 Å². The molecular weight excluding hydrogens is 458 g/mol. The van der Waals surface area contributed by atoms with Gasteiger partial charge in [-0.3, -0.25) is 14.5 Å². The quantitative estimate of drug-likeness (QED) is 0.608. The number of para-hydroxylation sites is 1. The number of benzene rings is 2. The van der Waals surface area contributed by atoms with Gasteiger partial charge in [-0.15, -0.1) is 11.8 Å². The van der Waals surface area contributed by atoms with Gasteiger partial charge in [-0.1, -0.05) is 42.5 Å². The van der Waals surface area contributed by atoms with Crippen molar-refractivity contribution in [2.45, 2.75) is 43.7 Å². The molecule has 35 heavy (non-hydrogen) atoms. The smallest absolute Gasteiger partial charge is 0.241 e. The third kappa shape index (κ3) is 5.27. The normalized spacial score (nSPS) is 25.1. The van der Waals surface area contributed by atoms with E-state index in [1.54, 1.807) is 0 Å². The number of nitrogens with zero attached hydrogens (tertiary/aromatic N) is 3. The first-order valence-corrected chi connectivity index (χ1v) is 13.8. The summed E-state index contributed by atoms with van der Waals surface area (Å²) in [6.07, 6.45) is 2.54. The molecule has 186 valence electrons. The van der Waals surface area contributed by atoms with Gasteiger partial charge in [-0.05, 0) is 50.4 Å². The molecule has 6 nitrogen and oxygen atoms in total. The van der Waals surface area contributed by atoms with Crippen LogP contribution in [0.5, 0.6) is 0 Å². The molecule has 5 rings (SSSR count). The predicted molar refractivity (Wildman–Crippen MR) is 140 cm³/mol. The number of anilines is 1. The van der Waals surface area contributed by atoms with Gasteiger partial charge in [0.25, 0.3) is 0 Å². The van der Waals surface area contributed by atoms with E-state index in [1.807, 2.05) is 64.9 Å². The molecule has 0 N–H and O–H groups in total. The minimum absolute atomic E-state index is 0.0306. The van der Waals surface area contributed by atoms with Crippen molar-refractivity contribution in [1.29, 1.82) is 0 Å². The number of fused-ring (bicyclic) bond motifs is 1. The van der Waals surface area contributed by atoms with E-state index in [0.717, 1.165) is 49.4 Å².